The average Bonchev–Trinajstić information content (AvgIpc) is 2.66. The number of anilines is 2. The molecule has 0 radical (unpaired) electrons. The number of rotatable bonds is 5. The van der Waals surface area contributed by atoms with E-state index in [2.05, 4.69) is 15.6 Å². The van der Waals surface area contributed by atoms with Crippen LogP contribution < -0.4 is 16.2 Å². The molecule has 0 bridgehead atoms. The van der Waals surface area contributed by atoms with Crippen LogP contribution in [0.1, 0.15) is 10.4 Å². The second kappa shape index (κ2) is 8.01. The molecular weight excluding hydrogens is 466 g/mol. The summed E-state index contributed by atoms with van der Waals surface area (Å²) in [6.45, 7) is -0.204. The third kappa shape index (κ3) is 3.78. The van der Waals surface area contributed by atoms with Crippen LogP contribution in [0.25, 0.3) is 10.9 Å². The van der Waals surface area contributed by atoms with E-state index >= 15 is 0 Å². The van der Waals surface area contributed by atoms with E-state index in [9.17, 15) is 14.0 Å². The molecule has 3 N–H and O–H groups in total. The van der Waals surface area contributed by atoms with Gasteiger partial charge in [0.05, 0.1) is 23.2 Å². The second-order valence-corrected chi connectivity index (χ2v) is 6.96. The van der Waals surface area contributed by atoms with Gasteiger partial charge >= 0.3 is 0 Å². The van der Waals surface area contributed by atoms with Gasteiger partial charge in [0.2, 0.25) is 0 Å². The number of carbonyl (C=O) groups is 1. The number of nitrogens with one attached hydrogen (secondary N) is 2. The average molecular weight is 482 g/mol. The van der Waals surface area contributed by atoms with Crippen LogP contribution >= 0.6 is 22.6 Å². The summed E-state index contributed by atoms with van der Waals surface area (Å²) in [5.74, 6) is -0.935. The van der Waals surface area contributed by atoms with Crippen molar-refractivity contribution >= 4 is 50.9 Å². The molecule has 3 aromatic rings. The van der Waals surface area contributed by atoms with Gasteiger partial charge in [-0.3, -0.25) is 19.1 Å². The maximum absolute atomic E-state index is 14.3. The maximum Gasteiger partial charge on any atom is 0.261 e. The standard InChI is InChI=1S/C18H16FIN4O3/c1-24-16(23-13-5-4-10(20)9-12(13)19)14(17(26)22-7-8-25)15-11(18(24)27)3-2-6-21-15/h2-6,9,23,25H,7-8H2,1H3,(H,22,26). The van der Waals surface area contributed by atoms with Crippen LogP contribution in [-0.2, 0) is 7.05 Å². The van der Waals surface area contributed by atoms with Crippen LogP contribution in [0.5, 0.6) is 0 Å². The normalized spacial score (nSPS) is 10.8. The Bertz CT molecular complexity index is 1080. The third-order valence-electron chi connectivity index (χ3n) is 3.96. The highest BCUT2D eigenvalue weighted by atomic mass is 127. The SMILES string of the molecule is Cn1c(Nc2ccc(I)cc2F)c(C(=O)NCCO)c2ncccc2c1=O. The lowest BCUT2D eigenvalue weighted by Gasteiger charge is -2.18. The maximum atomic E-state index is 14.3. The molecule has 7 nitrogen and oxygen atoms in total. The van der Waals surface area contributed by atoms with Gasteiger partial charge in [0.25, 0.3) is 11.5 Å². The number of aromatic nitrogens is 2. The monoisotopic (exact) mass is 482 g/mol. The predicted octanol–water partition coefficient (Wildman–Crippen LogP) is 2.14. The summed E-state index contributed by atoms with van der Waals surface area (Å²) < 4.78 is 16.3. The fourth-order valence-electron chi connectivity index (χ4n) is 2.68. The van der Waals surface area contributed by atoms with Crippen LogP contribution in [0.15, 0.2) is 41.3 Å². The summed E-state index contributed by atoms with van der Waals surface area (Å²) in [4.78, 5) is 29.6. The number of amides is 1. The van der Waals surface area contributed by atoms with Gasteiger partial charge in [-0.2, -0.15) is 0 Å². The van der Waals surface area contributed by atoms with Crippen molar-refractivity contribution in [2.45, 2.75) is 0 Å². The smallest absolute Gasteiger partial charge is 0.261 e. The molecule has 1 aromatic carbocycles. The summed E-state index contributed by atoms with van der Waals surface area (Å²) in [5, 5.41) is 14.7. The van der Waals surface area contributed by atoms with E-state index in [-0.39, 0.29) is 46.7 Å². The minimum atomic E-state index is -0.531. The van der Waals surface area contributed by atoms with Crippen LogP contribution in [-0.4, -0.2) is 33.7 Å². The molecule has 0 atom stereocenters. The molecule has 0 aliphatic rings. The lowest BCUT2D eigenvalue weighted by molar-refractivity contribution is 0.0946. The fourth-order valence-corrected chi connectivity index (χ4v) is 3.13. The number of aliphatic hydroxyl groups is 1. The molecule has 1 amide bonds. The van der Waals surface area contributed by atoms with Crippen molar-refractivity contribution < 1.29 is 14.3 Å². The molecular formula is C18H16FIN4O3. The number of aliphatic hydroxyl groups excluding tert-OH is 1. The van der Waals surface area contributed by atoms with E-state index in [1.54, 1.807) is 18.2 Å². The number of benzene rings is 1. The van der Waals surface area contributed by atoms with E-state index in [1.807, 2.05) is 22.6 Å². The summed E-state index contributed by atoms with van der Waals surface area (Å²) in [6.07, 6.45) is 1.47. The molecule has 0 saturated heterocycles. The van der Waals surface area contributed by atoms with Crippen molar-refractivity contribution in [2.24, 2.45) is 7.05 Å². The number of hydrogen-bond donors (Lipinski definition) is 3. The number of hydrogen-bond acceptors (Lipinski definition) is 5. The Balaban J connectivity index is 2.24. The zero-order valence-corrected chi connectivity index (χ0v) is 16.4. The van der Waals surface area contributed by atoms with Gasteiger partial charge in [0.15, 0.2) is 0 Å². The lowest BCUT2D eigenvalue weighted by atomic mass is 10.1. The molecule has 0 spiro atoms. The topological polar surface area (TPSA) is 96.2 Å². The molecule has 0 aliphatic carbocycles. The zero-order valence-electron chi connectivity index (χ0n) is 14.3. The van der Waals surface area contributed by atoms with E-state index in [0.29, 0.717) is 3.57 Å². The van der Waals surface area contributed by atoms with Crippen molar-refractivity contribution in [2.75, 3.05) is 18.5 Å². The summed E-state index contributed by atoms with van der Waals surface area (Å²) in [6, 6.07) is 7.74. The summed E-state index contributed by atoms with van der Waals surface area (Å²) in [5.41, 5.74) is 0.0469. The van der Waals surface area contributed by atoms with E-state index in [1.165, 1.54) is 29.9 Å². The first-order valence-corrected chi connectivity index (χ1v) is 9.10. The van der Waals surface area contributed by atoms with Crippen LogP contribution in [0.3, 0.4) is 0 Å². The zero-order chi connectivity index (χ0) is 19.6. The predicted molar refractivity (Wildman–Crippen MR) is 109 cm³/mol. The number of carbonyl (C=O) groups excluding carboxylic acids is 1. The number of halogens is 2. The second-order valence-electron chi connectivity index (χ2n) is 5.72. The molecule has 0 aliphatic heterocycles. The molecule has 9 heteroatoms. The van der Waals surface area contributed by atoms with Crippen LogP contribution in [0.4, 0.5) is 15.9 Å². The van der Waals surface area contributed by atoms with Gasteiger partial charge in [-0.25, -0.2) is 4.39 Å². The Hall–Kier alpha value is -2.53. The van der Waals surface area contributed by atoms with Crippen LogP contribution in [0.2, 0.25) is 0 Å². The molecule has 0 saturated carbocycles. The van der Waals surface area contributed by atoms with Crippen molar-refractivity contribution in [1.29, 1.82) is 0 Å². The van der Waals surface area contributed by atoms with Crippen molar-refractivity contribution in [3.05, 3.63) is 61.8 Å². The molecule has 2 heterocycles. The first-order valence-electron chi connectivity index (χ1n) is 8.03. The van der Waals surface area contributed by atoms with Crippen molar-refractivity contribution in [3.63, 3.8) is 0 Å². The molecule has 27 heavy (non-hydrogen) atoms. The van der Waals surface area contributed by atoms with Gasteiger partial charge in [-0.05, 0) is 52.9 Å². The molecule has 3 rings (SSSR count). The molecule has 0 fully saturated rings. The highest BCUT2D eigenvalue weighted by Gasteiger charge is 2.22. The van der Waals surface area contributed by atoms with Gasteiger partial charge in [-0.1, -0.05) is 0 Å². The highest BCUT2D eigenvalue weighted by Crippen LogP contribution is 2.27. The fraction of sp³-hybridized carbons (Fsp3) is 0.167. The number of fused-ring (bicyclic) bond motifs is 1. The van der Waals surface area contributed by atoms with E-state index < -0.39 is 11.7 Å². The number of nitrogens with zero attached hydrogens (tertiary/aromatic N) is 2. The minimum absolute atomic E-state index is 0.0351. The lowest BCUT2D eigenvalue weighted by Crippen LogP contribution is -2.31. The van der Waals surface area contributed by atoms with Gasteiger partial charge in [0, 0.05) is 23.4 Å². The van der Waals surface area contributed by atoms with E-state index in [4.69, 9.17) is 5.11 Å². The molecule has 0 unspecified atom stereocenters. The van der Waals surface area contributed by atoms with Gasteiger partial charge in [0.1, 0.15) is 17.2 Å². The van der Waals surface area contributed by atoms with Crippen molar-refractivity contribution in [3.8, 4) is 0 Å². The highest BCUT2D eigenvalue weighted by molar-refractivity contribution is 14.1. The van der Waals surface area contributed by atoms with Crippen molar-refractivity contribution in [1.82, 2.24) is 14.9 Å². The largest absolute Gasteiger partial charge is 0.395 e. The minimum Gasteiger partial charge on any atom is -0.395 e. The Morgan fingerprint density at radius 3 is 2.85 bits per heavy atom. The number of pyridine rings is 2. The summed E-state index contributed by atoms with van der Waals surface area (Å²) in [7, 11) is 1.49. The first kappa shape index (κ1) is 19.2. The summed E-state index contributed by atoms with van der Waals surface area (Å²) >= 11 is 1.99. The van der Waals surface area contributed by atoms with Gasteiger partial charge in [-0.15, -0.1) is 0 Å². The Morgan fingerprint density at radius 1 is 1.37 bits per heavy atom. The quantitative estimate of drug-likeness (QED) is 0.485. The van der Waals surface area contributed by atoms with Gasteiger partial charge < -0.3 is 15.7 Å². The van der Waals surface area contributed by atoms with Crippen LogP contribution in [0, 0.1) is 9.39 Å². The first-order chi connectivity index (χ1) is 12.9. The Morgan fingerprint density at radius 2 is 2.15 bits per heavy atom. The Labute approximate surface area is 167 Å². The molecule has 2 aromatic heterocycles. The Kier molecular flexibility index (Phi) is 5.71. The third-order valence-corrected chi connectivity index (χ3v) is 4.63. The molecule has 140 valence electrons. The van der Waals surface area contributed by atoms with E-state index in [0.717, 1.165) is 0 Å².